The minimum absolute atomic E-state index is 0.0204. The Morgan fingerprint density at radius 2 is 0.936 bits per heavy atom. The van der Waals surface area contributed by atoms with E-state index in [4.69, 9.17) is 4.74 Å². The van der Waals surface area contributed by atoms with Crippen LogP contribution in [0, 0.1) is 46.3 Å². The lowest BCUT2D eigenvalue weighted by Gasteiger charge is -2.53. The lowest BCUT2D eigenvalue weighted by molar-refractivity contribution is -0.0442. The Hall–Kier alpha value is -1.36. The fraction of sp³-hybridized carbons (Fsp3) is 0.810. The Kier molecular flexibility index (Phi) is 11.2. The Morgan fingerprint density at radius 1 is 0.574 bits per heavy atom. The second-order valence-corrected chi connectivity index (χ2v) is 16.7. The van der Waals surface area contributed by atoms with Gasteiger partial charge >= 0.3 is 0 Å². The van der Waals surface area contributed by atoms with Gasteiger partial charge in [0.05, 0.1) is 25.0 Å². The molecule has 0 aromatic carbocycles. The average Bonchev–Trinajstić information content (AvgIpc) is 3.10. The smallest absolute Gasteiger partial charge is 0.155 e. The zero-order valence-electron chi connectivity index (χ0n) is 29.4. The SMILES string of the molecule is CC[C@H]1CC[C@H](C2([C@@]3(F)C=C[C@@H](COC[C@@H]4C=C[C@](F)(C5([C@H]6CC[C@H](CC)CC6)CCCCC5)C=C4F)C(F)=C3)CCCCC2)CC1. The van der Waals surface area contributed by atoms with Crippen molar-refractivity contribution in [3.05, 3.63) is 48.1 Å². The first-order valence-corrected chi connectivity index (χ1v) is 19.8. The predicted molar refractivity (Wildman–Crippen MR) is 185 cm³/mol. The Labute approximate surface area is 283 Å². The standard InChI is InChI=1S/C42H62F4O/c1-3-31-11-15-35(16-12-31)39(21-7-5-8-22-39)41(45)25-19-33(37(43)27-41)29-47-30-34-20-26-42(46,28-38(34)44)40(23-9-6-10-24-40)36-17-13-32(4-2)14-18-36/h19-20,25-28,31-36H,3-18,21-24,29-30H2,1-2H3/t31-,32-,33-,34-,35-,36-,41+,42+/m0/s1. The summed E-state index contributed by atoms with van der Waals surface area (Å²) in [7, 11) is 0. The van der Waals surface area contributed by atoms with Crippen LogP contribution in [0.1, 0.15) is 142 Å². The summed E-state index contributed by atoms with van der Waals surface area (Å²) in [5.74, 6) is -0.278. The highest BCUT2D eigenvalue weighted by Gasteiger charge is 2.57. The molecule has 5 heteroatoms. The molecule has 0 spiro atoms. The van der Waals surface area contributed by atoms with Crippen LogP contribution in [0.25, 0.3) is 0 Å². The molecular formula is C42H62F4O. The zero-order chi connectivity index (χ0) is 33.1. The van der Waals surface area contributed by atoms with E-state index in [1.165, 1.54) is 25.0 Å². The van der Waals surface area contributed by atoms with Crippen LogP contribution in [-0.4, -0.2) is 24.6 Å². The minimum atomic E-state index is -1.78. The molecule has 47 heavy (non-hydrogen) atoms. The summed E-state index contributed by atoms with van der Waals surface area (Å²) in [6, 6.07) is 0. The van der Waals surface area contributed by atoms with Gasteiger partial charge in [0.25, 0.3) is 0 Å². The maximum atomic E-state index is 17.0. The molecule has 0 saturated heterocycles. The summed E-state index contributed by atoms with van der Waals surface area (Å²) < 4.78 is 71.4. The molecule has 0 unspecified atom stereocenters. The number of ether oxygens (including phenoxy) is 1. The molecule has 0 aliphatic heterocycles. The maximum absolute atomic E-state index is 17.0. The summed E-state index contributed by atoms with van der Waals surface area (Å²) >= 11 is 0. The topological polar surface area (TPSA) is 9.23 Å². The number of alkyl halides is 2. The molecule has 6 rings (SSSR count). The second kappa shape index (κ2) is 14.9. The van der Waals surface area contributed by atoms with Crippen molar-refractivity contribution in [1.82, 2.24) is 0 Å². The molecule has 264 valence electrons. The molecule has 0 radical (unpaired) electrons. The van der Waals surface area contributed by atoms with Gasteiger partial charge < -0.3 is 4.74 Å². The maximum Gasteiger partial charge on any atom is 0.155 e. The van der Waals surface area contributed by atoms with E-state index in [2.05, 4.69) is 13.8 Å². The number of allylic oxidation sites excluding steroid dienone is 4. The van der Waals surface area contributed by atoms with Crippen molar-refractivity contribution in [3.8, 4) is 0 Å². The molecular weight excluding hydrogens is 596 g/mol. The van der Waals surface area contributed by atoms with Crippen LogP contribution in [0.3, 0.4) is 0 Å². The molecule has 0 aromatic rings. The monoisotopic (exact) mass is 658 g/mol. The molecule has 0 heterocycles. The van der Waals surface area contributed by atoms with E-state index in [0.29, 0.717) is 0 Å². The zero-order valence-corrected chi connectivity index (χ0v) is 29.4. The number of halogens is 4. The summed E-state index contributed by atoms with van der Waals surface area (Å²) in [5, 5.41) is 0. The van der Waals surface area contributed by atoms with E-state index in [1.807, 2.05) is 0 Å². The lowest BCUT2D eigenvalue weighted by Crippen LogP contribution is -2.51. The summed E-state index contributed by atoms with van der Waals surface area (Å²) in [4.78, 5) is 0. The van der Waals surface area contributed by atoms with Crippen LogP contribution in [0.4, 0.5) is 17.6 Å². The second-order valence-electron chi connectivity index (χ2n) is 16.7. The van der Waals surface area contributed by atoms with Gasteiger partial charge in [0.15, 0.2) is 11.3 Å². The van der Waals surface area contributed by atoms with Crippen molar-refractivity contribution >= 4 is 0 Å². The number of hydrogen-bond acceptors (Lipinski definition) is 1. The van der Waals surface area contributed by atoms with Gasteiger partial charge in [0, 0.05) is 10.8 Å². The van der Waals surface area contributed by atoms with Crippen LogP contribution in [0.2, 0.25) is 0 Å². The third kappa shape index (κ3) is 6.88. The molecule has 4 atom stereocenters. The highest BCUT2D eigenvalue weighted by molar-refractivity contribution is 5.33. The van der Waals surface area contributed by atoms with Gasteiger partial charge in [0.2, 0.25) is 0 Å². The Morgan fingerprint density at radius 3 is 1.26 bits per heavy atom. The molecule has 0 bridgehead atoms. The van der Waals surface area contributed by atoms with Crippen LogP contribution >= 0.6 is 0 Å². The molecule has 6 aliphatic rings. The highest BCUT2D eigenvalue weighted by Crippen LogP contribution is 2.60. The highest BCUT2D eigenvalue weighted by atomic mass is 19.2. The molecule has 0 aromatic heterocycles. The van der Waals surface area contributed by atoms with Gasteiger partial charge in [-0.1, -0.05) is 103 Å². The third-order valence-corrected chi connectivity index (χ3v) is 14.6. The molecule has 1 nitrogen and oxygen atoms in total. The van der Waals surface area contributed by atoms with Crippen molar-refractivity contribution < 1.29 is 22.3 Å². The van der Waals surface area contributed by atoms with E-state index in [0.717, 1.165) is 127 Å². The molecule has 4 saturated carbocycles. The summed E-state index contributed by atoms with van der Waals surface area (Å²) in [6.45, 7) is 4.54. The third-order valence-electron chi connectivity index (χ3n) is 14.6. The average molecular weight is 659 g/mol. The van der Waals surface area contributed by atoms with Crippen LogP contribution in [-0.2, 0) is 4.74 Å². The lowest BCUT2D eigenvalue weighted by atomic mass is 9.53. The normalized spacial score (nSPS) is 40.5. The van der Waals surface area contributed by atoms with Gasteiger partial charge in [-0.15, -0.1) is 0 Å². The summed E-state index contributed by atoms with van der Waals surface area (Å²) in [6.07, 6.45) is 29.8. The van der Waals surface area contributed by atoms with Gasteiger partial charge in [0.1, 0.15) is 11.7 Å². The van der Waals surface area contributed by atoms with Gasteiger partial charge in [-0.05, 0) is 99.3 Å². The Balaban J connectivity index is 1.08. The van der Waals surface area contributed by atoms with Crippen molar-refractivity contribution in [1.29, 1.82) is 0 Å². The van der Waals surface area contributed by atoms with E-state index in [-0.39, 0.29) is 25.0 Å². The van der Waals surface area contributed by atoms with E-state index in [1.54, 1.807) is 24.3 Å². The molecule has 6 aliphatic carbocycles. The number of rotatable bonds is 10. The van der Waals surface area contributed by atoms with E-state index in [9.17, 15) is 0 Å². The fourth-order valence-corrected chi connectivity index (χ4v) is 11.4. The molecule has 0 N–H and O–H groups in total. The largest absolute Gasteiger partial charge is 0.379 e. The number of hydrogen-bond donors (Lipinski definition) is 0. The van der Waals surface area contributed by atoms with Crippen molar-refractivity contribution in [2.75, 3.05) is 13.2 Å². The van der Waals surface area contributed by atoms with E-state index >= 15 is 17.6 Å². The molecule has 4 fully saturated rings. The van der Waals surface area contributed by atoms with Gasteiger partial charge in [-0.25, -0.2) is 17.6 Å². The first kappa shape index (κ1) is 35.5. The van der Waals surface area contributed by atoms with Gasteiger partial charge in [-0.3, -0.25) is 0 Å². The first-order valence-electron chi connectivity index (χ1n) is 19.8. The van der Waals surface area contributed by atoms with Crippen LogP contribution < -0.4 is 0 Å². The summed E-state index contributed by atoms with van der Waals surface area (Å²) in [5.41, 5.74) is -4.63. The minimum Gasteiger partial charge on any atom is -0.379 e. The van der Waals surface area contributed by atoms with Crippen LogP contribution in [0.5, 0.6) is 0 Å². The first-order chi connectivity index (χ1) is 22.7. The van der Waals surface area contributed by atoms with Crippen molar-refractivity contribution in [3.63, 3.8) is 0 Å². The van der Waals surface area contributed by atoms with E-state index < -0.39 is 45.7 Å². The van der Waals surface area contributed by atoms with Gasteiger partial charge in [-0.2, -0.15) is 0 Å². The van der Waals surface area contributed by atoms with Crippen molar-refractivity contribution in [2.24, 2.45) is 46.3 Å². The molecule has 0 amide bonds. The quantitative estimate of drug-likeness (QED) is 0.168. The predicted octanol–water partition coefficient (Wildman–Crippen LogP) is 12.8. The van der Waals surface area contributed by atoms with Crippen molar-refractivity contribution in [2.45, 2.75) is 154 Å². The Bertz CT molecular complexity index is 1070. The fourth-order valence-electron chi connectivity index (χ4n) is 11.4. The van der Waals surface area contributed by atoms with Crippen LogP contribution in [0.15, 0.2) is 48.1 Å².